The Balaban J connectivity index is 1.77. The molecule has 0 aliphatic rings. The second-order valence-corrected chi connectivity index (χ2v) is 5.89. The van der Waals surface area contributed by atoms with E-state index in [2.05, 4.69) is 5.32 Å². The first-order chi connectivity index (χ1) is 12.5. The molecule has 0 aliphatic heterocycles. The van der Waals surface area contributed by atoms with Gasteiger partial charge in [-0.2, -0.15) is 0 Å². The van der Waals surface area contributed by atoms with Crippen LogP contribution < -0.4 is 14.8 Å². The van der Waals surface area contributed by atoms with Crippen LogP contribution in [0.5, 0.6) is 11.5 Å². The quantitative estimate of drug-likeness (QED) is 0.790. The molecule has 0 saturated carbocycles. The highest BCUT2D eigenvalue weighted by atomic mass is 16.5. The van der Waals surface area contributed by atoms with Gasteiger partial charge < -0.3 is 19.7 Å². The summed E-state index contributed by atoms with van der Waals surface area (Å²) in [5, 5.41) is 2.75. The minimum Gasteiger partial charge on any atom is -0.497 e. The topological polar surface area (TPSA) is 67.9 Å². The Morgan fingerprint density at radius 3 is 2.62 bits per heavy atom. The van der Waals surface area contributed by atoms with Gasteiger partial charge in [-0.25, -0.2) is 0 Å². The van der Waals surface area contributed by atoms with Gasteiger partial charge in [0.2, 0.25) is 11.8 Å². The van der Waals surface area contributed by atoms with Crippen LogP contribution >= 0.6 is 0 Å². The molecule has 0 saturated heterocycles. The zero-order valence-electron chi connectivity index (χ0n) is 15.3. The Hall–Kier alpha value is -3.02. The lowest BCUT2D eigenvalue weighted by atomic mass is 10.2. The summed E-state index contributed by atoms with van der Waals surface area (Å²) in [6.07, 6.45) is 0.206. The Morgan fingerprint density at radius 1 is 1.12 bits per heavy atom. The van der Waals surface area contributed by atoms with E-state index < -0.39 is 0 Å². The lowest BCUT2D eigenvalue weighted by Gasteiger charge is -2.17. The van der Waals surface area contributed by atoms with Crippen LogP contribution in [0.3, 0.4) is 0 Å². The van der Waals surface area contributed by atoms with E-state index in [9.17, 15) is 9.59 Å². The van der Waals surface area contributed by atoms with Crippen LogP contribution in [0.25, 0.3) is 0 Å². The van der Waals surface area contributed by atoms with Crippen LogP contribution in [0, 0.1) is 6.92 Å². The van der Waals surface area contributed by atoms with Crippen molar-refractivity contribution in [2.75, 3.05) is 32.6 Å². The molecular weight excluding hydrogens is 332 g/mol. The molecule has 0 aromatic heterocycles. The number of hydrogen-bond acceptors (Lipinski definition) is 4. The van der Waals surface area contributed by atoms with Crippen molar-refractivity contribution in [3.05, 3.63) is 54.1 Å². The maximum Gasteiger partial charge on any atom is 0.243 e. The minimum atomic E-state index is -0.270. The monoisotopic (exact) mass is 356 g/mol. The Morgan fingerprint density at radius 2 is 1.88 bits per heavy atom. The highest BCUT2D eigenvalue weighted by Gasteiger charge is 2.13. The van der Waals surface area contributed by atoms with Crippen molar-refractivity contribution in [1.29, 1.82) is 0 Å². The number of methoxy groups -OCH3 is 1. The third kappa shape index (κ3) is 5.81. The molecule has 2 rings (SSSR count). The number of nitrogens with zero attached hydrogens (tertiary/aromatic N) is 1. The summed E-state index contributed by atoms with van der Waals surface area (Å²) >= 11 is 0. The molecule has 6 nitrogen and oxygen atoms in total. The number of aryl methyl sites for hydroxylation is 1. The third-order valence-electron chi connectivity index (χ3n) is 3.83. The second-order valence-electron chi connectivity index (χ2n) is 5.89. The summed E-state index contributed by atoms with van der Waals surface area (Å²) in [5.41, 5.74) is 1.64. The number of likely N-dealkylation sites (N-methyl/N-ethyl adjacent to an activating group) is 1. The van der Waals surface area contributed by atoms with Crippen LogP contribution in [0.2, 0.25) is 0 Å². The molecule has 0 radical (unpaired) electrons. The molecule has 2 amide bonds. The first-order valence-corrected chi connectivity index (χ1v) is 8.36. The average molecular weight is 356 g/mol. The van der Waals surface area contributed by atoms with Crippen molar-refractivity contribution in [3.63, 3.8) is 0 Å². The number of hydrogen-bond donors (Lipinski definition) is 1. The van der Waals surface area contributed by atoms with Crippen LogP contribution in [0.1, 0.15) is 12.0 Å². The highest BCUT2D eigenvalue weighted by Crippen LogP contribution is 2.17. The van der Waals surface area contributed by atoms with Crippen LogP contribution in [0.15, 0.2) is 48.5 Å². The summed E-state index contributed by atoms with van der Waals surface area (Å²) in [5.74, 6) is 0.993. The second kappa shape index (κ2) is 9.46. The van der Waals surface area contributed by atoms with Gasteiger partial charge in [0.05, 0.1) is 26.7 Å². The number of ether oxygens (including phenoxy) is 2. The van der Waals surface area contributed by atoms with Gasteiger partial charge in [0.25, 0.3) is 0 Å². The molecule has 0 aliphatic carbocycles. The van der Waals surface area contributed by atoms with Gasteiger partial charge in [-0.05, 0) is 30.7 Å². The molecule has 0 heterocycles. The van der Waals surface area contributed by atoms with Crippen LogP contribution in [-0.2, 0) is 9.59 Å². The Labute approximate surface area is 153 Å². The molecule has 0 bridgehead atoms. The number of carbonyl (C=O) groups is 2. The van der Waals surface area contributed by atoms with Gasteiger partial charge in [0, 0.05) is 18.8 Å². The van der Waals surface area contributed by atoms with E-state index in [1.54, 1.807) is 38.4 Å². The van der Waals surface area contributed by atoms with Gasteiger partial charge in [-0.1, -0.05) is 24.3 Å². The van der Waals surface area contributed by atoms with E-state index >= 15 is 0 Å². The van der Waals surface area contributed by atoms with Crippen molar-refractivity contribution in [2.24, 2.45) is 0 Å². The number of amides is 2. The van der Waals surface area contributed by atoms with E-state index in [1.807, 2.05) is 31.2 Å². The predicted octanol–water partition coefficient (Wildman–Crippen LogP) is 2.87. The molecule has 1 N–H and O–H groups in total. The van der Waals surface area contributed by atoms with Gasteiger partial charge in [-0.3, -0.25) is 9.59 Å². The molecule has 2 aromatic rings. The first kappa shape index (κ1) is 19.3. The zero-order chi connectivity index (χ0) is 18.9. The number of carbonyl (C=O) groups excluding carboxylic acids is 2. The van der Waals surface area contributed by atoms with Crippen molar-refractivity contribution in [2.45, 2.75) is 13.3 Å². The zero-order valence-corrected chi connectivity index (χ0v) is 15.3. The largest absolute Gasteiger partial charge is 0.497 e. The summed E-state index contributed by atoms with van der Waals surface area (Å²) < 4.78 is 10.7. The molecule has 0 atom stereocenters. The summed E-state index contributed by atoms with van der Waals surface area (Å²) in [6, 6.07) is 14.7. The smallest absolute Gasteiger partial charge is 0.243 e. The van der Waals surface area contributed by atoms with Crippen molar-refractivity contribution >= 4 is 17.5 Å². The SMILES string of the molecule is COc1cccc(NC(=O)CN(C)C(=O)CCOc2ccccc2C)c1. The number of nitrogens with one attached hydrogen (secondary N) is 1. The minimum absolute atomic E-state index is 0.0274. The predicted molar refractivity (Wildman–Crippen MR) is 101 cm³/mol. The number of benzene rings is 2. The molecule has 0 unspecified atom stereocenters. The van der Waals surface area contributed by atoms with E-state index in [0.717, 1.165) is 11.3 Å². The normalized spacial score (nSPS) is 10.1. The summed E-state index contributed by atoms with van der Waals surface area (Å²) in [4.78, 5) is 25.6. The summed E-state index contributed by atoms with van der Waals surface area (Å²) in [6.45, 7) is 2.19. The fraction of sp³-hybridized carbons (Fsp3) is 0.300. The molecule has 26 heavy (non-hydrogen) atoms. The Bertz CT molecular complexity index is 761. The maximum absolute atomic E-state index is 12.2. The van der Waals surface area contributed by atoms with Gasteiger partial charge in [-0.15, -0.1) is 0 Å². The van der Waals surface area contributed by atoms with E-state index in [1.165, 1.54) is 4.90 Å². The molecule has 6 heteroatoms. The van der Waals surface area contributed by atoms with Crippen LogP contribution in [-0.4, -0.2) is 44.0 Å². The van der Waals surface area contributed by atoms with Crippen molar-refractivity contribution in [3.8, 4) is 11.5 Å². The average Bonchev–Trinajstić information content (AvgIpc) is 2.63. The van der Waals surface area contributed by atoms with Gasteiger partial charge in [0.1, 0.15) is 11.5 Å². The lowest BCUT2D eigenvalue weighted by molar-refractivity contribution is -0.133. The molecule has 0 fully saturated rings. The maximum atomic E-state index is 12.2. The van der Waals surface area contributed by atoms with E-state index in [-0.39, 0.29) is 31.4 Å². The Kier molecular flexibility index (Phi) is 7.02. The lowest BCUT2D eigenvalue weighted by Crippen LogP contribution is -2.35. The molecule has 0 spiro atoms. The fourth-order valence-corrected chi connectivity index (χ4v) is 2.36. The van der Waals surface area contributed by atoms with Crippen LogP contribution in [0.4, 0.5) is 5.69 Å². The highest BCUT2D eigenvalue weighted by molar-refractivity contribution is 5.94. The molecule has 138 valence electrons. The third-order valence-corrected chi connectivity index (χ3v) is 3.83. The molecular formula is C20H24N2O4. The van der Waals surface area contributed by atoms with E-state index in [0.29, 0.717) is 11.4 Å². The van der Waals surface area contributed by atoms with Crippen molar-refractivity contribution < 1.29 is 19.1 Å². The first-order valence-electron chi connectivity index (χ1n) is 8.36. The summed E-state index contributed by atoms with van der Waals surface area (Å²) in [7, 11) is 3.16. The van der Waals surface area contributed by atoms with Gasteiger partial charge in [0.15, 0.2) is 0 Å². The van der Waals surface area contributed by atoms with Gasteiger partial charge >= 0.3 is 0 Å². The number of rotatable bonds is 8. The van der Waals surface area contributed by atoms with E-state index in [4.69, 9.17) is 9.47 Å². The standard InChI is InChI=1S/C20H24N2O4/c1-15-7-4-5-10-18(15)26-12-11-20(24)22(2)14-19(23)21-16-8-6-9-17(13-16)25-3/h4-10,13H,11-12,14H2,1-3H3,(H,21,23). The number of para-hydroxylation sites is 1. The molecule has 2 aromatic carbocycles. The van der Waals surface area contributed by atoms with Crippen molar-refractivity contribution in [1.82, 2.24) is 4.90 Å². The number of anilines is 1. The fourth-order valence-electron chi connectivity index (χ4n) is 2.36.